The summed E-state index contributed by atoms with van der Waals surface area (Å²) in [6.07, 6.45) is 8.16. The van der Waals surface area contributed by atoms with Crippen LogP contribution in [0.5, 0.6) is 5.75 Å². The van der Waals surface area contributed by atoms with Crippen molar-refractivity contribution in [1.29, 1.82) is 0 Å². The summed E-state index contributed by atoms with van der Waals surface area (Å²) >= 11 is 0. The summed E-state index contributed by atoms with van der Waals surface area (Å²) < 4.78 is 0. The van der Waals surface area contributed by atoms with E-state index in [2.05, 4.69) is 25.5 Å². The van der Waals surface area contributed by atoms with Crippen molar-refractivity contribution in [3.8, 4) is 17.1 Å². The summed E-state index contributed by atoms with van der Waals surface area (Å²) in [7, 11) is 0. The van der Waals surface area contributed by atoms with Crippen LogP contribution in [-0.4, -0.2) is 42.0 Å². The molecule has 0 saturated heterocycles. The molecule has 2 atom stereocenters. The van der Waals surface area contributed by atoms with Crippen molar-refractivity contribution in [3.05, 3.63) is 23.5 Å². The first-order valence-corrected chi connectivity index (χ1v) is 10.2. The van der Waals surface area contributed by atoms with Crippen LogP contribution < -0.4 is 5.32 Å². The highest BCUT2D eigenvalue weighted by atomic mass is 16.3. The van der Waals surface area contributed by atoms with Crippen LogP contribution in [0.4, 0.5) is 5.95 Å². The fraction of sp³-hybridized carbons (Fsp3) is 0.619. The van der Waals surface area contributed by atoms with Crippen LogP contribution in [0.2, 0.25) is 0 Å². The molecule has 28 heavy (non-hydrogen) atoms. The third-order valence-corrected chi connectivity index (χ3v) is 6.21. The van der Waals surface area contributed by atoms with E-state index in [1.54, 1.807) is 12.3 Å². The monoisotopic (exact) mass is 383 g/mol. The summed E-state index contributed by atoms with van der Waals surface area (Å²) in [6, 6.07) is 2.00. The van der Waals surface area contributed by atoms with Crippen molar-refractivity contribution in [1.82, 2.24) is 20.2 Å². The zero-order valence-corrected chi connectivity index (χ0v) is 16.8. The van der Waals surface area contributed by atoms with Gasteiger partial charge in [0.1, 0.15) is 17.1 Å². The van der Waals surface area contributed by atoms with Gasteiger partial charge in [-0.1, -0.05) is 12.8 Å². The largest absolute Gasteiger partial charge is 0.506 e. The van der Waals surface area contributed by atoms with Gasteiger partial charge in [-0.25, -0.2) is 4.98 Å². The maximum Gasteiger partial charge on any atom is 0.243 e. The SMILES string of the molecule is Cc1cnc(-c2nnc(NC3CCCC(C4CC(C)(O)C4)C3)nc2C)c(O)c1. The van der Waals surface area contributed by atoms with E-state index >= 15 is 0 Å². The molecular formula is C21H29N5O2. The van der Waals surface area contributed by atoms with Crippen molar-refractivity contribution in [2.45, 2.75) is 70.9 Å². The second-order valence-corrected chi connectivity index (χ2v) is 8.88. The molecule has 150 valence electrons. The lowest BCUT2D eigenvalue weighted by atomic mass is 9.62. The highest BCUT2D eigenvalue weighted by Gasteiger charge is 2.43. The summed E-state index contributed by atoms with van der Waals surface area (Å²) in [4.78, 5) is 8.84. The average molecular weight is 383 g/mol. The minimum absolute atomic E-state index is 0.0893. The molecule has 2 aromatic heterocycles. The number of aromatic hydroxyl groups is 1. The number of aliphatic hydroxyl groups is 1. The smallest absolute Gasteiger partial charge is 0.243 e. The summed E-state index contributed by atoms with van der Waals surface area (Å²) in [5, 5.41) is 32.1. The predicted octanol–water partition coefficient (Wildman–Crippen LogP) is 3.39. The fourth-order valence-electron chi connectivity index (χ4n) is 4.79. The van der Waals surface area contributed by atoms with Crippen LogP contribution in [0.15, 0.2) is 12.3 Å². The molecule has 2 fully saturated rings. The molecular weight excluding hydrogens is 354 g/mol. The van der Waals surface area contributed by atoms with Gasteiger partial charge in [-0.2, -0.15) is 0 Å². The molecule has 4 rings (SSSR count). The minimum atomic E-state index is -0.458. The Morgan fingerprint density at radius 2 is 1.89 bits per heavy atom. The van der Waals surface area contributed by atoms with E-state index in [-0.39, 0.29) is 5.75 Å². The molecule has 0 bridgehead atoms. The molecule has 2 aliphatic carbocycles. The van der Waals surface area contributed by atoms with Crippen molar-refractivity contribution < 1.29 is 10.2 Å². The maximum atomic E-state index is 10.2. The Kier molecular flexibility index (Phi) is 4.95. The topological polar surface area (TPSA) is 104 Å². The highest BCUT2D eigenvalue weighted by molar-refractivity contribution is 5.64. The van der Waals surface area contributed by atoms with Crippen LogP contribution in [0.25, 0.3) is 11.4 Å². The molecule has 3 N–H and O–H groups in total. The zero-order chi connectivity index (χ0) is 19.9. The standard InChI is InChI=1S/C21H29N5O2/c1-12-7-17(27)19(22-11-12)18-13(2)23-20(26-25-18)24-16-6-4-5-14(8-16)15-9-21(3,28)10-15/h7,11,14-16,27-28H,4-6,8-10H2,1-3H3,(H,23,24,26). The number of pyridine rings is 1. The van der Waals surface area contributed by atoms with Crippen LogP contribution in [0.1, 0.15) is 56.7 Å². The predicted molar refractivity (Wildman–Crippen MR) is 107 cm³/mol. The third kappa shape index (κ3) is 3.94. The molecule has 2 heterocycles. The Hall–Kier alpha value is -2.28. The normalized spacial score (nSPS) is 29.9. The van der Waals surface area contributed by atoms with Crippen molar-refractivity contribution in [2.24, 2.45) is 11.8 Å². The van der Waals surface area contributed by atoms with Crippen LogP contribution in [0, 0.1) is 25.7 Å². The number of hydrogen-bond acceptors (Lipinski definition) is 7. The van der Waals surface area contributed by atoms with E-state index < -0.39 is 5.60 Å². The molecule has 0 amide bonds. The first kappa shape index (κ1) is 19.1. The second-order valence-electron chi connectivity index (χ2n) is 8.88. The van der Waals surface area contributed by atoms with E-state index in [0.717, 1.165) is 31.2 Å². The maximum absolute atomic E-state index is 10.2. The van der Waals surface area contributed by atoms with E-state index in [1.807, 2.05) is 20.8 Å². The summed E-state index contributed by atoms with van der Waals surface area (Å²) in [5.41, 5.74) is 2.02. The Bertz CT molecular complexity index is 862. The second kappa shape index (κ2) is 7.28. The van der Waals surface area contributed by atoms with Crippen LogP contribution >= 0.6 is 0 Å². The molecule has 0 aliphatic heterocycles. The van der Waals surface area contributed by atoms with Crippen molar-refractivity contribution >= 4 is 5.95 Å². The lowest BCUT2D eigenvalue weighted by molar-refractivity contribution is -0.0814. The third-order valence-electron chi connectivity index (χ3n) is 6.21. The molecule has 2 saturated carbocycles. The van der Waals surface area contributed by atoms with E-state index in [1.165, 1.54) is 12.8 Å². The van der Waals surface area contributed by atoms with Gasteiger partial charge < -0.3 is 15.5 Å². The lowest BCUT2D eigenvalue weighted by Crippen LogP contribution is -2.46. The van der Waals surface area contributed by atoms with E-state index in [0.29, 0.717) is 40.9 Å². The van der Waals surface area contributed by atoms with Gasteiger partial charge >= 0.3 is 0 Å². The van der Waals surface area contributed by atoms with E-state index in [4.69, 9.17) is 0 Å². The molecule has 2 unspecified atom stereocenters. The van der Waals surface area contributed by atoms with Gasteiger partial charge in [0.15, 0.2) is 0 Å². The van der Waals surface area contributed by atoms with Gasteiger partial charge in [-0.05, 0) is 69.9 Å². The molecule has 7 heteroatoms. The number of aryl methyl sites for hydroxylation is 2. The number of hydrogen-bond donors (Lipinski definition) is 3. The Labute approximate surface area is 165 Å². The van der Waals surface area contributed by atoms with Gasteiger partial charge in [0, 0.05) is 12.2 Å². The minimum Gasteiger partial charge on any atom is -0.506 e. The first-order chi connectivity index (χ1) is 13.3. The molecule has 7 nitrogen and oxygen atoms in total. The van der Waals surface area contributed by atoms with Gasteiger partial charge in [0.2, 0.25) is 5.95 Å². The van der Waals surface area contributed by atoms with Gasteiger partial charge in [-0.3, -0.25) is 4.98 Å². The van der Waals surface area contributed by atoms with Crippen molar-refractivity contribution in [3.63, 3.8) is 0 Å². The number of aromatic nitrogens is 4. The summed E-state index contributed by atoms with van der Waals surface area (Å²) in [5.74, 6) is 1.91. The Morgan fingerprint density at radius 1 is 1.11 bits per heavy atom. The fourth-order valence-corrected chi connectivity index (χ4v) is 4.79. The Balaban J connectivity index is 1.43. The van der Waals surface area contributed by atoms with Gasteiger partial charge in [0.25, 0.3) is 0 Å². The lowest BCUT2D eigenvalue weighted by Gasteiger charge is -2.47. The molecule has 2 aliphatic rings. The Morgan fingerprint density at radius 3 is 2.57 bits per heavy atom. The number of rotatable bonds is 4. The number of nitrogens with one attached hydrogen (secondary N) is 1. The highest BCUT2D eigenvalue weighted by Crippen LogP contribution is 2.46. The van der Waals surface area contributed by atoms with Crippen LogP contribution in [0.3, 0.4) is 0 Å². The van der Waals surface area contributed by atoms with E-state index in [9.17, 15) is 10.2 Å². The summed E-state index contributed by atoms with van der Waals surface area (Å²) in [6.45, 7) is 5.67. The zero-order valence-electron chi connectivity index (χ0n) is 16.8. The molecule has 0 aromatic carbocycles. The molecule has 2 aromatic rings. The van der Waals surface area contributed by atoms with Gasteiger partial charge in [0.05, 0.1) is 11.3 Å². The first-order valence-electron chi connectivity index (χ1n) is 10.2. The molecule has 0 radical (unpaired) electrons. The van der Waals surface area contributed by atoms with Gasteiger partial charge in [-0.15, -0.1) is 10.2 Å². The quantitative estimate of drug-likeness (QED) is 0.743. The number of nitrogens with zero attached hydrogens (tertiary/aromatic N) is 4. The van der Waals surface area contributed by atoms with Crippen LogP contribution in [-0.2, 0) is 0 Å². The average Bonchev–Trinajstić information content (AvgIpc) is 2.61. The number of anilines is 1. The van der Waals surface area contributed by atoms with Crippen molar-refractivity contribution in [2.75, 3.05) is 5.32 Å². The molecule has 0 spiro atoms.